The van der Waals surface area contributed by atoms with Crippen LogP contribution in [0.2, 0.25) is 10.0 Å². The molecule has 1 N–H and O–H groups in total. The molecule has 0 aromatic heterocycles. The van der Waals surface area contributed by atoms with Gasteiger partial charge in [0.15, 0.2) is 0 Å². The molecule has 2 atom stereocenters. The third-order valence-electron chi connectivity index (χ3n) is 6.26. The van der Waals surface area contributed by atoms with Crippen LogP contribution in [0.4, 0.5) is 0 Å². The van der Waals surface area contributed by atoms with Crippen LogP contribution in [0.15, 0.2) is 23.1 Å². The average Bonchev–Trinajstić information content (AvgIpc) is 3.13. The second kappa shape index (κ2) is 9.99. The van der Waals surface area contributed by atoms with E-state index in [1.165, 1.54) is 48.5 Å². The Hall–Kier alpha value is -0.820. The summed E-state index contributed by atoms with van der Waals surface area (Å²) in [7, 11) is -3.78. The Bertz CT molecular complexity index is 803. The number of carbonyl (C=O) groups excluding carboxylic acids is 1. The van der Waals surface area contributed by atoms with Gasteiger partial charge in [0.05, 0.1) is 10.0 Å². The number of carbonyl (C=O) groups is 1. The molecule has 0 spiro atoms. The summed E-state index contributed by atoms with van der Waals surface area (Å²) in [5.74, 6) is 0.517. The van der Waals surface area contributed by atoms with Crippen LogP contribution in [-0.2, 0) is 14.8 Å². The van der Waals surface area contributed by atoms with Crippen molar-refractivity contribution in [2.75, 3.05) is 13.1 Å². The number of piperidine rings is 1. The summed E-state index contributed by atoms with van der Waals surface area (Å²) in [5, 5.41) is 3.51. The average molecular weight is 461 g/mol. The molecule has 2 fully saturated rings. The van der Waals surface area contributed by atoms with Crippen LogP contribution in [-0.4, -0.2) is 37.8 Å². The van der Waals surface area contributed by atoms with Crippen molar-refractivity contribution in [3.63, 3.8) is 0 Å². The molecule has 1 aliphatic carbocycles. The van der Waals surface area contributed by atoms with Gasteiger partial charge in [-0.25, -0.2) is 8.42 Å². The molecule has 1 aliphatic heterocycles. The zero-order valence-electron chi connectivity index (χ0n) is 16.9. The Morgan fingerprint density at radius 2 is 1.79 bits per heavy atom. The first kappa shape index (κ1) is 22.9. The number of unbranched alkanes of at least 4 members (excludes halogenated alkanes) is 1. The number of nitrogens with zero attached hydrogens (tertiary/aromatic N) is 1. The molecule has 3 rings (SSSR count). The second-order valence-electron chi connectivity index (χ2n) is 8.18. The number of halogens is 2. The van der Waals surface area contributed by atoms with E-state index in [1.54, 1.807) is 6.07 Å². The molecule has 2 unspecified atom stereocenters. The minimum atomic E-state index is -3.78. The molecule has 1 heterocycles. The Morgan fingerprint density at radius 3 is 2.41 bits per heavy atom. The molecule has 1 saturated carbocycles. The lowest BCUT2D eigenvalue weighted by Crippen LogP contribution is -2.46. The Labute approximate surface area is 184 Å². The van der Waals surface area contributed by atoms with Crippen molar-refractivity contribution in [1.82, 2.24) is 9.62 Å². The summed E-state index contributed by atoms with van der Waals surface area (Å²) in [6, 6.07) is 4.95. The first-order valence-corrected chi connectivity index (χ1v) is 12.8. The van der Waals surface area contributed by atoms with E-state index in [0.29, 0.717) is 31.8 Å². The molecule has 29 heavy (non-hydrogen) atoms. The fourth-order valence-electron chi connectivity index (χ4n) is 4.56. The highest BCUT2D eigenvalue weighted by molar-refractivity contribution is 7.89. The molecular formula is C21H30Cl2N2O3S. The molecule has 1 amide bonds. The molecule has 1 aromatic rings. The summed E-state index contributed by atoms with van der Waals surface area (Å²) in [6.45, 7) is 2.79. The fourth-order valence-corrected chi connectivity index (χ4v) is 7.12. The second-order valence-corrected chi connectivity index (χ2v) is 10.9. The molecule has 0 bridgehead atoms. The van der Waals surface area contributed by atoms with E-state index in [0.717, 1.165) is 6.42 Å². The third-order valence-corrected chi connectivity index (χ3v) is 9.11. The van der Waals surface area contributed by atoms with Gasteiger partial charge in [0.2, 0.25) is 15.9 Å². The lowest BCUT2D eigenvalue weighted by atomic mass is 9.94. The highest BCUT2D eigenvalue weighted by atomic mass is 35.5. The van der Waals surface area contributed by atoms with Crippen LogP contribution in [0, 0.1) is 11.8 Å². The number of nitrogens with one attached hydrogen (secondary N) is 1. The topological polar surface area (TPSA) is 66.5 Å². The zero-order valence-corrected chi connectivity index (χ0v) is 19.2. The molecule has 0 radical (unpaired) electrons. The quantitative estimate of drug-likeness (QED) is 0.630. The maximum Gasteiger partial charge on any atom is 0.246 e. The standard InChI is InChI=1S/C21H30Cl2N2O3S/c1-2-3-6-15-7-4-10-19(15)24-21(26)16-11-13-25(14-12-16)29(27,28)20-17(22)8-5-9-18(20)23/h5,8-9,15-16,19H,2-4,6-7,10-14H2,1H3,(H,24,26). The monoisotopic (exact) mass is 460 g/mol. The maximum absolute atomic E-state index is 13.0. The van der Waals surface area contributed by atoms with Crippen LogP contribution < -0.4 is 5.32 Å². The van der Waals surface area contributed by atoms with Gasteiger partial charge in [0.1, 0.15) is 4.90 Å². The van der Waals surface area contributed by atoms with Crippen molar-refractivity contribution in [3.8, 4) is 0 Å². The van der Waals surface area contributed by atoms with Crippen LogP contribution in [0.3, 0.4) is 0 Å². The number of hydrogen-bond donors (Lipinski definition) is 1. The molecule has 1 aromatic carbocycles. The Morgan fingerprint density at radius 1 is 1.14 bits per heavy atom. The highest BCUT2D eigenvalue weighted by Gasteiger charge is 2.36. The van der Waals surface area contributed by atoms with E-state index in [-0.39, 0.29) is 32.8 Å². The van der Waals surface area contributed by atoms with Crippen LogP contribution >= 0.6 is 23.2 Å². The predicted octanol–water partition coefficient (Wildman–Crippen LogP) is 4.87. The van der Waals surface area contributed by atoms with Crippen LogP contribution in [0.5, 0.6) is 0 Å². The maximum atomic E-state index is 13.0. The largest absolute Gasteiger partial charge is 0.353 e. The molecule has 5 nitrogen and oxygen atoms in total. The van der Waals surface area contributed by atoms with E-state index in [2.05, 4.69) is 12.2 Å². The highest BCUT2D eigenvalue weighted by Crippen LogP contribution is 2.34. The SMILES string of the molecule is CCCCC1CCCC1NC(=O)C1CCN(S(=O)(=O)c2c(Cl)cccc2Cl)CC1. The van der Waals surface area contributed by atoms with Crippen LogP contribution in [0.1, 0.15) is 58.3 Å². The van der Waals surface area contributed by atoms with Gasteiger partial charge in [-0.3, -0.25) is 4.79 Å². The molecule has 162 valence electrons. The number of rotatable bonds is 7. The first-order valence-electron chi connectivity index (χ1n) is 10.6. The van der Waals surface area contributed by atoms with Gasteiger partial charge >= 0.3 is 0 Å². The zero-order chi connectivity index (χ0) is 21.0. The lowest BCUT2D eigenvalue weighted by molar-refractivity contribution is -0.127. The number of sulfonamides is 1. The fraction of sp³-hybridized carbons (Fsp3) is 0.667. The molecule has 2 aliphatic rings. The Kier molecular flexibility index (Phi) is 7.87. The smallest absolute Gasteiger partial charge is 0.246 e. The summed E-state index contributed by atoms with van der Waals surface area (Å²) in [6.07, 6.45) is 8.01. The predicted molar refractivity (Wildman–Crippen MR) is 117 cm³/mol. The summed E-state index contributed by atoms with van der Waals surface area (Å²) in [4.78, 5) is 12.7. The summed E-state index contributed by atoms with van der Waals surface area (Å²) < 4.78 is 27.4. The lowest BCUT2D eigenvalue weighted by Gasteiger charge is -2.32. The van der Waals surface area contributed by atoms with Crippen molar-refractivity contribution < 1.29 is 13.2 Å². The van der Waals surface area contributed by atoms with Gasteiger partial charge in [0, 0.05) is 25.0 Å². The summed E-state index contributed by atoms with van der Waals surface area (Å²) >= 11 is 12.2. The van der Waals surface area contributed by atoms with Crippen molar-refractivity contribution in [3.05, 3.63) is 28.2 Å². The number of amides is 1. The van der Waals surface area contributed by atoms with Crippen molar-refractivity contribution in [2.24, 2.45) is 11.8 Å². The van der Waals surface area contributed by atoms with Gasteiger partial charge in [-0.05, 0) is 50.2 Å². The molecule has 8 heteroatoms. The normalized spacial score (nSPS) is 24.0. The van der Waals surface area contributed by atoms with E-state index in [9.17, 15) is 13.2 Å². The van der Waals surface area contributed by atoms with Gasteiger partial charge in [-0.2, -0.15) is 4.31 Å². The first-order chi connectivity index (χ1) is 13.8. The van der Waals surface area contributed by atoms with Crippen LogP contribution in [0.25, 0.3) is 0 Å². The molecule has 1 saturated heterocycles. The van der Waals surface area contributed by atoms with E-state index in [4.69, 9.17) is 23.2 Å². The summed E-state index contributed by atoms with van der Waals surface area (Å²) in [5.41, 5.74) is 0. The van der Waals surface area contributed by atoms with Gasteiger partial charge in [-0.15, -0.1) is 0 Å². The van der Waals surface area contributed by atoms with Gasteiger partial charge in [-0.1, -0.05) is 55.5 Å². The number of benzene rings is 1. The minimum Gasteiger partial charge on any atom is -0.353 e. The minimum absolute atomic E-state index is 0.0454. The van der Waals surface area contributed by atoms with E-state index in [1.807, 2.05) is 0 Å². The van der Waals surface area contributed by atoms with E-state index < -0.39 is 10.0 Å². The van der Waals surface area contributed by atoms with Crippen molar-refractivity contribution in [1.29, 1.82) is 0 Å². The molecular weight excluding hydrogens is 431 g/mol. The number of hydrogen-bond acceptors (Lipinski definition) is 3. The Balaban J connectivity index is 1.58. The van der Waals surface area contributed by atoms with Crippen molar-refractivity contribution in [2.45, 2.75) is 69.2 Å². The van der Waals surface area contributed by atoms with E-state index >= 15 is 0 Å². The van der Waals surface area contributed by atoms with Gasteiger partial charge < -0.3 is 5.32 Å². The third kappa shape index (κ3) is 5.27. The van der Waals surface area contributed by atoms with Crippen molar-refractivity contribution >= 4 is 39.1 Å². The van der Waals surface area contributed by atoms with Gasteiger partial charge in [0.25, 0.3) is 0 Å².